The molecule has 2 aromatic rings. The van der Waals surface area contributed by atoms with Crippen LogP contribution in [-0.4, -0.2) is 18.3 Å². The topological polar surface area (TPSA) is 38.7 Å². The summed E-state index contributed by atoms with van der Waals surface area (Å²) in [6.45, 7) is 3.09. The van der Waals surface area contributed by atoms with Crippen LogP contribution in [0.3, 0.4) is 0 Å². The summed E-state index contributed by atoms with van der Waals surface area (Å²) < 4.78 is 11.1. The van der Waals surface area contributed by atoms with E-state index in [2.05, 4.69) is 6.92 Å². The van der Waals surface area contributed by atoms with Crippen LogP contribution in [-0.2, 0) is 6.42 Å². The van der Waals surface area contributed by atoms with E-state index in [0.29, 0.717) is 35.3 Å². The third-order valence-corrected chi connectivity index (χ3v) is 4.01. The Bertz CT molecular complexity index is 654. The van der Waals surface area contributed by atoms with Gasteiger partial charge in [-0.2, -0.15) is 0 Å². The van der Waals surface area contributed by atoms with Gasteiger partial charge in [-0.25, -0.2) is 0 Å². The van der Waals surface area contributed by atoms with Crippen molar-refractivity contribution in [2.75, 3.05) is 13.2 Å². The van der Waals surface area contributed by atoms with Crippen LogP contribution < -0.4 is 9.47 Å². The highest BCUT2D eigenvalue weighted by atomic mass is 35.5. The smallest absolute Gasteiger partial charge is 0.162 e. The van der Waals surface area contributed by atoms with E-state index in [9.17, 15) is 5.11 Å². The Morgan fingerprint density at radius 3 is 2.48 bits per heavy atom. The Kier molecular flexibility index (Phi) is 4.04. The van der Waals surface area contributed by atoms with Crippen LogP contribution in [0.15, 0.2) is 36.4 Å². The molecule has 21 heavy (non-hydrogen) atoms. The number of aryl methyl sites for hydroxylation is 1. The number of ether oxygens (including phenoxy) is 2. The summed E-state index contributed by atoms with van der Waals surface area (Å²) in [4.78, 5) is 0. The van der Waals surface area contributed by atoms with Gasteiger partial charge in [0.25, 0.3) is 0 Å². The molecule has 0 fully saturated rings. The van der Waals surface area contributed by atoms with Crippen molar-refractivity contribution in [3.8, 4) is 11.5 Å². The van der Waals surface area contributed by atoms with E-state index < -0.39 is 6.10 Å². The van der Waals surface area contributed by atoms with Gasteiger partial charge in [0.1, 0.15) is 19.3 Å². The first-order chi connectivity index (χ1) is 10.2. The van der Waals surface area contributed by atoms with Gasteiger partial charge in [0.05, 0.1) is 5.02 Å². The van der Waals surface area contributed by atoms with E-state index in [1.165, 1.54) is 0 Å². The number of benzene rings is 2. The first kappa shape index (κ1) is 14.2. The normalized spacial score (nSPS) is 14.8. The fourth-order valence-electron chi connectivity index (χ4n) is 2.58. The maximum absolute atomic E-state index is 10.7. The third kappa shape index (κ3) is 2.71. The van der Waals surface area contributed by atoms with Crippen molar-refractivity contribution in [2.24, 2.45) is 0 Å². The van der Waals surface area contributed by atoms with Gasteiger partial charge >= 0.3 is 0 Å². The summed E-state index contributed by atoms with van der Waals surface area (Å²) in [5.41, 5.74) is 2.62. The van der Waals surface area contributed by atoms with Crippen LogP contribution >= 0.6 is 11.6 Å². The van der Waals surface area contributed by atoms with Crippen LogP contribution in [0.25, 0.3) is 0 Å². The first-order valence-electron chi connectivity index (χ1n) is 7.05. The quantitative estimate of drug-likeness (QED) is 0.938. The highest BCUT2D eigenvalue weighted by molar-refractivity contribution is 6.31. The Balaban J connectivity index is 2.03. The predicted octanol–water partition coefficient (Wildman–Crippen LogP) is 3.76. The zero-order valence-electron chi connectivity index (χ0n) is 11.8. The fourth-order valence-corrected chi connectivity index (χ4v) is 2.84. The number of halogens is 1. The first-order valence-corrected chi connectivity index (χ1v) is 7.43. The number of aliphatic hydroxyl groups is 1. The molecule has 0 saturated heterocycles. The van der Waals surface area contributed by atoms with E-state index in [1.807, 2.05) is 24.3 Å². The summed E-state index contributed by atoms with van der Waals surface area (Å²) in [7, 11) is 0. The lowest BCUT2D eigenvalue weighted by atomic mass is 9.95. The zero-order chi connectivity index (χ0) is 14.8. The van der Waals surface area contributed by atoms with Crippen molar-refractivity contribution in [3.05, 3.63) is 58.1 Å². The maximum Gasteiger partial charge on any atom is 0.162 e. The second-order valence-electron chi connectivity index (χ2n) is 4.97. The van der Waals surface area contributed by atoms with Gasteiger partial charge in [-0.15, -0.1) is 0 Å². The molecule has 3 rings (SSSR count). The lowest BCUT2D eigenvalue weighted by Crippen LogP contribution is -2.16. The number of fused-ring (bicyclic) bond motifs is 1. The summed E-state index contributed by atoms with van der Waals surface area (Å²) in [5.74, 6) is 1.26. The lowest BCUT2D eigenvalue weighted by Gasteiger charge is -2.22. The number of aliphatic hydroxyl groups excluding tert-OH is 1. The Morgan fingerprint density at radius 1 is 1.10 bits per heavy atom. The number of hydrogen-bond acceptors (Lipinski definition) is 3. The lowest BCUT2D eigenvalue weighted by molar-refractivity contribution is 0.169. The standard InChI is InChI=1S/C17H17ClO3/c1-2-11-5-3-4-6-12(11)17(19)13-9-15-16(10-14(13)18)21-8-7-20-15/h3-6,9-10,17,19H,2,7-8H2,1H3. The summed E-state index contributed by atoms with van der Waals surface area (Å²) in [5, 5.41) is 11.2. The maximum atomic E-state index is 10.7. The Labute approximate surface area is 129 Å². The van der Waals surface area contributed by atoms with Crippen molar-refractivity contribution in [1.82, 2.24) is 0 Å². The van der Waals surface area contributed by atoms with Gasteiger partial charge in [-0.1, -0.05) is 42.8 Å². The second-order valence-corrected chi connectivity index (χ2v) is 5.38. The van der Waals surface area contributed by atoms with Crippen molar-refractivity contribution >= 4 is 11.6 Å². The molecule has 0 radical (unpaired) electrons. The monoisotopic (exact) mass is 304 g/mol. The van der Waals surface area contributed by atoms with E-state index in [-0.39, 0.29) is 0 Å². The van der Waals surface area contributed by atoms with Crippen LogP contribution in [0.5, 0.6) is 11.5 Å². The summed E-state index contributed by atoms with van der Waals surface area (Å²) >= 11 is 6.31. The van der Waals surface area contributed by atoms with E-state index >= 15 is 0 Å². The molecule has 1 aliphatic heterocycles. The Hall–Kier alpha value is -1.71. The molecule has 3 nitrogen and oxygen atoms in total. The Morgan fingerprint density at radius 2 is 1.76 bits per heavy atom. The second kappa shape index (κ2) is 5.96. The van der Waals surface area contributed by atoms with Gasteiger partial charge in [-0.3, -0.25) is 0 Å². The van der Waals surface area contributed by atoms with E-state index in [0.717, 1.165) is 17.5 Å². The molecular formula is C17H17ClO3. The molecule has 1 aliphatic rings. The minimum absolute atomic E-state index is 0.484. The van der Waals surface area contributed by atoms with E-state index in [4.69, 9.17) is 21.1 Å². The molecule has 1 atom stereocenters. The molecule has 0 aromatic heterocycles. The van der Waals surface area contributed by atoms with Gasteiger partial charge in [0, 0.05) is 11.6 Å². The minimum Gasteiger partial charge on any atom is -0.486 e. The van der Waals surface area contributed by atoms with Crippen LogP contribution in [0.4, 0.5) is 0 Å². The molecule has 1 heterocycles. The SMILES string of the molecule is CCc1ccccc1C(O)c1cc2c(cc1Cl)OCCO2. The van der Waals surface area contributed by atoms with Crippen LogP contribution in [0, 0.1) is 0 Å². The van der Waals surface area contributed by atoms with Gasteiger partial charge in [-0.05, 0) is 23.6 Å². The molecule has 0 spiro atoms. The number of hydrogen-bond donors (Lipinski definition) is 1. The largest absolute Gasteiger partial charge is 0.486 e. The molecule has 0 aliphatic carbocycles. The zero-order valence-corrected chi connectivity index (χ0v) is 12.6. The predicted molar refractivity (Wildman–Crippen MR) is 82.3 cm³/mol. The molecule has 1 N–H and O–H groups in total. The van der Waals surface area contributed by atoms with Crippen molar-refractivity contribution in [2.45, 2.75) is 19.4 Å². The highest BCUT2D eigenvalue weighted by Crippen LogP contribution is 2.39. The summed E-state index contributed by atoms with van der Waals surface area (Å²) in [6.07, 6.45) is 0.0829. The van der Waals surface area contributed by atoms with Crippen molar-refractivity contribution in [3.63, 3.8) is 0 Å². The molecule has 0 saturated carbocycles. The molecular weight excluding hydrogens is 288 g/mol. The third-order valence-electron chi connectivity index (χ3n) is 3.69. The van der Waals surface area contributed by atoms with E-state index in [1.54, 1.807) is 12.1 Å². The fraction of sp³-hybridized carbons (Fsp3) is 0.294. The van der Waals surface area contributed by atoms with Gasteiger partial charge < -0.3 is 14.6 Å². The molecule has 2 aromatic carbocycles. The van der Waals surface area contributed by atoms with Gasteiger partial charge in [0.15, 0.2) is 11.5 Å². The van der Waals surface area contributed by atoms with Crippen molar-refractivity contribution in [1.29, 1.82) is 0 Å². The van der Waals surface area contributed by atoms with Crippen molar-refractivity contribution < 1.29 is 14.6 Å². The van der Waals surface area contributed by atoms with Crippen LogP contribution in [0.1, 0.15) is 29.7 Å². The molecule has 4 heteroatoms. The average Bonchev–Trinajstić information content (AvgIpc) is 2.53. The van der Waals surface area contributed by atoms with Gasteiger partial charge in [0.2, 0.25) is 0 Å². The molecule has 0 amide bonds. The molecule has 1 unspecified atom stereocenters. The summed E-state index contributed by atoms with van der Waals surface area (Å²) in [6, 6.07) is 11.3. The number of rotatable bonds is 3. The minimum atomic E-state index is -0.774. The van der Waals surface area contributed by atoms with Crippen LogP contribution in [0.2, 0.25) is 5.02 Å². The average molecular weight is 305 g/mol. The highest BCUT2D eigenvalue weighted by Gasteiger charge is 2.21. The molecule has 110 valence electrons. The molecule has 0 bridgehead atoms.